The van der Waals surface area contributed by atoms with Crippen molar-refractivity contribution in [1.82, 2.24) is 24.4 Å². The molecule has 1 aliphatic rings. The van der Waals surface area contributed by atoms with Crippen LogP contribution in [-0.2, 0) is 0 Å². The topological polar surface area (TPSA) is 126 Å². The van der Waals surface area contributed by atoms with Gasteiger partial charge in [0.25, 0.3) is 12.0 Å². The Morgan fingerprint density at radius 1 is 1.32 bits per heavy atom. The smallest absolute Gasteiger partial charge is 0.263 e. The number of anilines is 2. The van der Waals surface area contributed by atoms with Gasteiger partial charge in [0.05, 0.1) is 28.5 Å². The highest BCUT2D eigenvalue weighted by molar-refractivity contribution is 6.35. The molecule has 12 heteroatoms. The molecule has 3 N–H and O–H groups in total. The van der Waals surface area contributed by atoms with Crippen molar-refractivity contribution in [3.8, 4) is 6.07 Å². The molecule has 1 unspecified atom stereocenters. The molecule has 0 spiro atoms. The number of nitrogens with two attached hydrogens (primary N) is 1. The summed E-state index contributed by atoms with van der Waals surface area (Å²) in [5, 5.41) is 13.2. The van der Waals surface area contributed by atoms with Crippen LogP contribution in [0.1, 0.15) is 43.2 Å². The van der Waals surface area contributed by atoms with Gasteiger partial charge >= 0.3 is 0 Å². The van der Waals surface area contributed by atoms with Crippen LogP contribution in [0.2, 0.25) is 5.02 Å². The third kappa shape index (κ3) is 4.64. The lowest BCUT2D eigenvalue weighted by atomic mass is 10.0. The Morgan fingerprint density at radius 2 is 2.06 bits per heavy atom. The van der Waals surface area contributed by atoms with Crippen LogP contribution in [0.3, 0.4) is 0 Å². The number of likely N-dealkylation sites (tertiary alicyclic amines) is 1. The van der Waals surface area contributed by atoms with E-state index in [1.165, 1.54) is 6.33 Å². The van der Waals surface area contributed by atoms with E-state index in [0.717, 1.165) is 0 Å². The third-order valence-corrected chi connectivity index (χ3v) is 6.27. The summed E-state index contributed by atoms with van der Waals surface area (Å²) in [7, 11) is 0. The highest BCUT2D eigenvalue weighted by atomic mass is 35.5. The maximum atomic E-state index is 13.6. The zero-order valence-corrected chi connectivity index (χ0v) is 19.1. The molecule has 1 atom stereocenters. The van der Waals surface area contributed by atoms with Gasteiger partial charge in [-0.25, -0.2) is 23.7 Å². The molecule has 0 saturated carbocycles. The summed E-state index contributed by atoms with van der Waals surface area (Å²) in [5.41, 5.74) is 6.03. The summed E-state index contributed by atoms with van der Waals surface area (Å²) in [4.78, 5) is 28.0. The van der Waals surface area contributed by atoms with Crippen molar-refractivity contribution < 1.29 is 8.78 Å². The summed E-state index contributed by atoms with van der Waals surface area (Å²) >= 11 is 6.34. The third-order valence-electron chi connectivity index (χ3n) is 5.95. The van der Waals surface area contributed by atoms with Gasteiger partial charge in [0.15, 0.2) is 0 Å². The zero-order valence-electron chi connectivity index (χ0n) is 18.4. The first-order valence-corrected chi connectivity index (χ1v) is 11.2. The van der Waals surface area contributed by atoms with Crippen molar-refractivity contribution in [3.63, 3.8) is 0 Å². The Labute approximate surface area is 199 Å². The standard InChI is InChI=1S/C22H23ClF2N8O/c1-12(30-20-14(9-26)19(27)28-11-29-20)21-31-16-4-2-3-15(23)18(16)22(34)33(21)13-5-7-32(8-6-13)10-17(24)25/h2-4,11-13,17H,5-8,10H2,1H3,(H3,27,28,29,30). The van der Waals surface area contributed by atoms with Crippen LogP contribution in [0.25, 0.3) is 10.9 Å². The second-order valence-electron chi connectivity index (χ2n) is 8.16. The molecule has 1 aliphatic heterocycles. The summed E-state index contributed by atoms with van der Waals surface area (Å²) in [5.74, 6) is 0.684. The quantitative estimate of drug-likeness (QED) is 0.541. The van der Waals surface area contributed by atoms with Crippen LogP contribution in [-0.4, -0.2) is 50.5 Å². The molecule has 3 aromatic rings. The lowest BCUT2D eigenvalue weighted by Crippen LogP contribution is -2.41. The van der Waals surface area contributed by atoms with Gasteiger partial charge in [-0.1, -0.05) is 17.7 Å². The fourth-order valence-electron chi connectivity index (χ4n) is 4.32. The van der Waals surface area contributed by atoms with E-state index >= 15 is 0 Å². The minimum atomic E-state index is -2.41. The van der Waals surface area contributed by atoms with E-state index in [0.29, 0.717) is 47.7 Å². The van der Waals surface area contributed by atoms with Crippen molar-refractivity contribution in [2.75, 3.05) is 30.7 Å². The second-order valence-corrected chi connectivity index (χ2v) is 8.57. The van der Waals surface area contributed by atoms with E-state index in [9.17, 15) is 18.8 Å². The average Bonchev–Trinajstić information content (AvgIpc) is 2.79. The van der Waals surface area contributed by atoms with E-state index in [-0.39, 0.29) is 35.3 Å². The minimum absolute atomic E-state index is 0.0363. The fraction of sp³-hybridized carbons (Fsp3) is 0.409. The SMILES string of the molecule is CC(Nc1ncnc(N)c1C#N)c1nc2cccc(Cl)c2c(=O)n1C1CCN(CC(F)F)CC1. The molecular formula is C22H23ClF2N8O. The summed E-state index contributed by atoms with van der Waals surface area (Å²) in [6, 6.07) is 6.24. The maximum absolute atomic E-state index is 13.6. The molecule has 1 aromatic carbocycles. The van der Waals surface area contributed by atoms with Crippen LogP contribution in [0.15, 0.2) is 29.3 Å². The number of nitrogens with zero attached hydrogens (tertiary/aromatic N) is 6. The van der Waals surface area contributed by atoms with Gasteiger partial charge in [0.2, 0.25) is 0 Å². The first-order chi connectivity index (χ1) is 16.3. The number of aromatic nitrogens is 4. The molecule has 178 valence electrons. The van der Waals surface area contributed by atoms with Crippen molar-refractivity contribution in [2.24, 2.45) is 0 Å². The monoisotopic (exact) mass is 488 g/mol. The molecule has 0 bridgehead atoms. The van der Waals surface area contributed by atoms with Gasteiger partial charge < -0.3 is 11.1 Å². The number of rotatable bonds is 6. The molecule has 1 saturated heterocycles. The number of hydrogen-bond donors (Lipinski definition) is 2. The van der Waals surface area contributed by atoms with Gasteiger partial charge in [-0.2, -0.15) is 5.26 Å². The number of nitrogens with one attached hydrogen (secondary N) is 1. The summed E-state index contributed by atoms with van der Waals surface area (Å²) in [6.07, 6.45) is -0.151. The predicted octanol–water partition coefficient (Wildman–Crippen LogP) is 3.37. The Morgan fingerprint density at radius 3 is 2.74 bits per heavy atom. The molecule has 0 aliphatic carbocycles. The normalized spacial score (nSPS) is 16.0. The zero-order chi connectivity index (χ0) is 24.4. The predicted molar refractivity (Wildman–Crippen MR) is 125 cm³/mol. The van der Waals surface area contributed by atoms with Crippen molar-refractivity contribution in [2.45, 2.75) is 38.3 Å². The Bertz CT molecular complexity index is 1300. The summed E-state index contributed by atoms with van der Waals surface area (Å²) in [6.45, 7) is 2.37. The second kappa shape index (κ2) is 9.87. The Balaban J connectivity index is 1.76. The molecule has 2 aromatic heterocycles. The van der Waals surface area contributed by atoms with Crippen LogP contribution in [0.4, 0.5) is 20.4 Å². The molecule has 34 heavy (non-hydrogen) atoms. The van der Waals surface area contributed by atoms with E-state index in [2.05, 4.69) is 15.3 Å². The molecule has 1 fully saturated rings. The van der Waals surface area contributed by atoms with Crippen LogP contribution in [0, 0.1) is 11.3 Å². The number of benzene rings is 1. The molecule has 4 rings (SSSR count). The first kappa shape index (κ1) is 23.8. The van der Waals surface area contributed by atoms with Crippen molar-refractivity contribution in [1.29, 1.82) is 5.26 Å². The molecule has 3 heterocycles. The first-order valence-electron chi connectivity index (χ1n) is 10.8. The van der Waals surface area contributed by atoms with Gasteiger partial charge in [-0.15, -0.1) is 0 Å². The number of nitriles is 1. The lowest BCUT2D eigenvalue weighted by Gasteiger charge is -2.34. The van der Waals surface area contributed by atoms with Gasteiger partial charge in [0.1, 0.15) is 35.4 Å². The Hall–Kier alpha value is -3.36. The number of alkyl halides is 2. The fourth-order valence-corrected chi connectivity index (χ4v) is 4.57. The molecular weight excluding hydrogens is 466 g/mol. The number of hydrogen-bond acceptors (Lipinski definition) is 8. The highest BCUT2D eigenvalue weighted by Gasteiger charge is 2.28. The van der Waals surface area contributed by atoms with E-state index in [4.69, 9.17) is 22.3 Å². The van der Waals surface area contributed by atoms with Gasteiger partial charge in [-0.3, -0.25) is 14.3 Å². The van der Waals surface area contributed by atoms with Crippen molar-refractivity contribution in [3.05, 3.63) is 51.3 Å². The maximum Gasteiger partial charge on any atom is 0.263 e. The lowest BCUT2D eigenvalue weighted by molar-refractivity contribution is 0.0694. The average molecular weight is 489 g/mol. The number of fused-ring (bicyclic) bond motifs is 1. The number of nitrogen functional groups attached to an aromatic ring is 1. The molecule has 0 amide bonds. The number of halogens is 3. The largest absolute Gasteiger partial charge is 0.382 e. The molecule has 9 nitrogen and oxygen atoms in total. The van der Waals surface area contributed by atoms with E-state index in [1.807, 2.05) is 6.07 Å². The van der Waals surface area contributed by atoms with Crippen LogP contribution < -0.4 is 16.6 Å². The molecule has 0 radical (unpaired) electrons. The highest BCUT2D eigenvalue weighted by Crippen LogP contribution is 2.29. The van der Waals surface area contributed by atoms with E-state index < -0.39 is 12.5 Å². The van der Waals surface area contributed by atoms with E-state index in [1.54, 1.807) is 34.6 Å². The van der Waals surface area contributed by atoms with Gasteiger partial charge in [-0.05, 0) is 31.9 Å². The van der Waals surface area contributed by atoms with Crippen LogP contribution >= 0.6 is 11.6 Å². The van der Waals surface area contributed by atoms with Crippen LogP contribution in [0.5, 0.6) is 0 Å². The minimum Gasteiger partial charge on any atom is -0.382 e. The van der Waals surface area contributed by atoms with Gasteiger partial charge in [0, 0.05) is 19.1 Å². The number of piperidine rings is 1. The Kier molecular flexibility index (Phi) is 6.90. The summed E-state index contributed by atoms with van der Waals surface area (Å²) < 4.78 is 27.2. The van der Waals surface area contributed by atoms with Crippen molar-refractivity contribution >= 4 is 34.1 Å².